The predicted octanol–water partition coefficient (Wildman–Crippen LogP) is 0.523. The molecule has 0 aromatic heterocycles. The minimum Gasteiger partial charge on any atom is -0.281 e. The molecule has 0 saturated carbocycles. The zero-order chi connectivity index (χ0) is 17.4. The van der Waals surface area contributed by atoms with Crippen LogP contribution in [0.5, 0.6) is 0 Å². The van der Waals surface area contributed by atoms with Crippen LogP contribution in [0.25, 0.3) is 0 Å². The number of benzene rings is 1. The van der Waals surface area contributed by atoms with Gasteiger partial charge in [-0.3, -0.25) is 5.43 Å². The first-order valence-corrected chi connectivity index (χ1v) is 10.6. The number of aryl methyl sites for hydroxylation is 1. The lowest BCUT2D eigenvalue weighted by Gasteiger charge is -2.29. The molecular weight excluding hydrogens is 340 g/mol. The Bertz CT molecular complexity index is 847. The van der Waals surface area contributed by atoms with Crippen LogP contribution in [0.1, 0.15) is 11.1 Å². The number of hydrazine groups is 1. The Morgan fingerprint density at radius 3 is 2.39 bits per heavy atom. The highest BCUT2D eigenvalue weighted by Crippen LogP contribution is 2.21. The third kappa shape index (κ3) is 3.75. The Hall–Kier alpha value is -1.81. The maximum atomic E-state index is 12.2. The molecule has 0 amide bonds. The Balaban J connectivity index is 2.46. The van der Waals surface area contributed by atoms with Gasteiger partial charge in [-0.25, -0.2) is 26.1 Å². The number of hydrogen-bond acceptors (Lipinski definition) is 6. The second-order valence-electron chi connectivity index (χ2n) is 5.40. The molecule has 23 heavy (non-hydrogen) atoms. The van der Waals surface area contributed by atoms with E-state index >= 15 is 0 Å². The number of rotatable bonds is 4. The lowest BCUT2D eigenvalue weighted by molar-refractivity contribution is 0.511. The first kappa shape index (κ1) is 17.5. The van der Waals surface area contributed by atoms with Crippen LogP contribution in [0.2, 0.25) is 0 Å². The van der Waals surface area contributed by atoms with E-state index in [0.29, 0.717) is 5.69 Å². The van der Waals surface area contributed by atoms with Gasteiger partial charge in [0.2, 0.25) is 16.0 Å². The van der Waals surface area contributed by atoms with Crippen LogP contribution >= 0.6 is 0 Å². The summed E-state index contributed by atoms with van der Waals surface area (Å²) in [7, 11) is -7.40. The molecule has 1 aliphatic rings. The molecule has 0 spiro atoms. The smallest absolute Gasteiger partial charge is 0.252 e. The number of sulfonamides is 2. The lowest BCUT2D eigenvalue weighted by atomic mass is 10.1. The SMILES string of the molecule is Cc1cccc(NN(C2=NCCN2S(C)(=O)=O)S(C)(=O)=O)c1C. The van der Waals surface area contributed by atoms with E-state index in [2.05, 4.69) is 10.4 Å². The molecule has 0 aliphatic carbocycles. The third-order valence-corrected chi connectivity index (χ3v) is 5.58. The molecule has 0 saturated heterocycles. The fraction of sp³-hybridized carbons (Fsp3) is 0.462. The number of aliphatic imine (C=N–C) groups is 1. The summed E-state index contributed by atoms with van der Waals surface area (Å²) in [6.07, 6.45) is 2.01. The van der Waals surface area contributed by atoms with Gasteiger partial charge in [0.1, 0.15) is 0 Å². The van der Waals surface area contributed by atoms with Gasteiger partial charge in [-0.1, -0.05) is 12.1 Å². The number of guanidine groups is 1. The Morgan fingerprint density at radius 1 is 1.17 bits per heavy atom. The molecule has 0 bridgehead atoms. The largest absolute Gasteiger partial charge is 0.281 e. The summed E-state index contributed by atoms with van der Waals surface area (Å²) >= 11 is 0. The standard InChI is InChI=1S/C13H20N4O4S2/c1-10-6-5-7-12(11(10)2)15-17(23(4,20)21)13-14-8-9-16(13)22(3,18)19/h5-7,15H,8-9H2,1-4H3. The first-order chi connectivity index (χ1) is 10.5. The van der Waals surface area contributed by atoms with Crippen molar-refractivity contribution in [2.24, 2.45) is 4.99 Å². The fourth-order valence-electron chi connectivity index (χ4n) is 2.16. The molecule has 8 nitrogen and oxygen atoms in total. The van der Waals surface area contributed by atoms with E-state index in [1.54, 1.807) is 12.1 Å². The highest BCUT2D eigenvalue weighted by molar-refractivity contribution is 7.90. The van der Waals surface area contributed by atoms with Gasteiger partial charge in [0.05, 0.1) is 31.3 Å². The van der Waals surface area contributed by atoms with E-state index in [0.717, 1.165) is 32.4 Å². The average molecular weight is 360 g/mol. The van der Waals surface area contributed by atoms with Gasteiger partial charge in [0.25, 0.3) is 10.0 Å². The zero-order valence-electron chi connectivity index (χ0n) is 13.4. The van der Waals surface area contributed by atoms with Gasteiger partial charge >= 0.3 is 0 Å². The molecule has 2 rings (SSSR count). The van der Waals surface area contributed by atoms with Crippen LogP contribution < -0.4 is 5.43 Å². The Morgan fingerprint density at radius 2 is 1.83 bits per heavy atom. The molecule has 0 atom stereocenters. The van der Waals surface area contributed by atoms with Crippen molar-refractivity contribution in [1.82, 2.24) is 8.72 Å². The molecule has 1 N–H and O–H groups in total. The summed E-state index contributed by atoms with van der Waals surface area (Å²) in [5.41, 5.74) is 5.20. The van der Waals surface area contributed by atoms with Crippen molar-refractivity contribution in [2.75, 3.05) is 31.0 Å². The van der Waals surface area contributed by atoms with E-state index < -0.39 is 20.0 Å². The lowest BCUT2D eigenvalue weighted by Crippen LogP contribution is -2.49. The second-order valence-corrected chi connectivity index (χ2v) is 9.14. The summed E-state index contributed by atoms with van der Waals surface area (Å²) in [6, 6.07) is 5.41. The molecular formula is C13H20N4O4S2. The molecule has 128 valence electrons. The molecule has 1 heterocycles. The topological polar surface area (TPSA) is 99.1 Å². The summed E-state index contributed by atoms with van der Waals surface area (Å²) < 4.78 is 49.8. The minimum atomic E-state index is -3.78. The summed E-state index contributed by atoms with van der Waals surface area (Å²) in [4.78, 5) is 4.05. The highest BCUT2D eigenvalue weighted by atomic mass is 32.2. The van der Waals surface area contributed by atoms with E-state index in [4.69, 9.17) is 0 Å². The number of nitrogens with zero attached hydrogens (tertiary/aromatic N) is 3. The molecule has 1 aromatic carbocycles. The predicted molar refractivity (Wildman–Crippen MR) is 90.1 cm³/mol. The summed E-state index contributed by atoms with van der Waals surface area (Å²) in [5.74, 6) is -0.143. The molecule has 0 fully saturated rings. The fourth-order valence-corrected chi connectivity index (χ4v) is 3.78. The summed E-state index contributed by atoms with van der Waals surface area (Å²) in [5, 5.41) is 0. The van der Waals surface area contributed by atoms with Gasteiger partial charge in [-0.05, 0) is 31.0 Å². The second kappa shape index (κ2) is 6.00. The number of nitrogens with one attached hydrogen (secondary N) is 1. The van der Waals surface area contributed by atoms with Crippen LogP contribution in [0, 0.1) is 13.8 Å². The van der Waals surface area contributed by atoms with Gasteiger partial charge in [-0.15, -0.1) is 4.41 Å². The maximum absolute atomic E-state index is 12.2. The van der Waals surface area contributed by atoms with Crippen molar-refractivity contribution in [3.63, 3.8) is 0 Å². The third-order valence-electron chi connectivity index (χ3n) is 3.52. The van der Waals surface area contributed by atoms with Crippen LogP contribution in [-0.2, 0) is 20.0 Å². The minimum absolute atomic E-state index is 0.120. The monoisotopic (exact) mass is 360 g/mol. The van der Waals surface area contributed by atoms with Gasteiger partial charge in [-0.2, -0.15) is 0 Å². The Labute approximate surface area is 136 Å². The highest BCUT2D eigenvalue weighted by Gasteiger charge is 2.34. The van der Waals surface area contributed by atoms with Crippen molar-refractivity contribution in [1.29, 1.82) is 0 Å². The van der Waals surface area contributed by atoms with Gasteiger partial charge in [0, 0.05) is 0 Å². The van der Waals surface area contributed by atoms with E-state index in [-0.39, 0.29) is 19.0 Å². The maximum Gasteiger partial charge on any atom is 0.252 e. The van der Waals surface area contributed by atoms with Crippen molar-refractivity contribution >= 4 is 31.7 Å². The van der Waals surface area contributed by atoms with Crippen LogP contribution in [-0.4, -0.2) is 57.1 Å². The summed E-state index contributed by atoms with van der Waals surface area (Å²) in [6.45, 7) is 4.08. The molecule has 1 aromatic rings. The van der Waals surface area contributed by atoms with Crippen molar-refractivity contribution < 1.29 is 16.8 Å². The normalized spacial score (nSPS) is 15.5. The van der Waals surface area contributed by atoms with Gasteiger partial charge < -0.3 is 0 Å². The van der Waals surface area contributed by atoms with E-state index in [1.807, 2.05) is 19.9 Å². The molecule has 0 radical (unpaired) electrons. The molecule has 10 heteroatoms. The van der Waals surface area contributed by atoms with Crippen LogP contribution in [0.3, 0.4) is 0 Å². The van der Waals surface area contributed by atoms with E-state index in [1.165, 1.54) is 0 Å². The quantitative estimate of drug-likeness (QED) is 0.790. The van der Waals surface area contributed by atoms with Gasteiger partial charge in [0.15, 0.2) is 0 Å². The van der Waals surface area contributed by atoms with Crippen LogP contribution in [0.4, 0.5) is 5.69 Å². The number of hydrogen-bond donors (Lipinski definition) is 1. The average Bonchev–Trinajstić information content (AvgIpc) is 2.87. The first-order valence-electron chi connectivity index (χ1n) is 6.87. The van der Waals surface area contributed by atoms with Crippen molar-refractivity contribution in [2.45, 2.75) is 13.8 Å². The van der Waals surface area contributed by atoms with Crippen molar-refractivity contribution in [3.05, 3.63) is 29.3 Å². The Kier molecular flexibility index (Phi) is 4.58. The van der Waals surface area contributed by atoms with Crippen LogP contribution in [0.15, 0.2) is 23.2 Å². The molecule has 1 aliphatic heterocycles. The van der Waals surface area contributed by atoms with E-state index in [9.17, 15) is 16.8 Å². The zero-order valence-corrected chi connectivity index (χ0v) is 15.1. The van der Waals surface area contributed by atoms with Crippen molar-refractivity contribution in [3.8, 4) is 0 Å². The number of anilines is 1. The molecule has 0 unspecified atom stereocenters.